The van der Waals surface area contributed by atoms with Gasteiger partial charge in [0.05, 0.1) is 0 Å². The summed E-state index contributed by atoms with van der Waals surface area (Å²) < 4.78 is 29.9. The highest BCUT2D eigenvalue weighted by molar-refractivity contribution is 7.86. The van der Waals surface area contributed by atoms with Gasteiger partial charge in [-0.2, -0.15) is 17.0 Å². The lowest BCUT2D eigenvalue weighted by Crippen LogP contribution is -2.45. The van der Waals surface area contributed by atoms with Gasteiger partial charge in [0.2, 0.25) is 0 Å². The van der Waals surface area contributed by atoms with Gasteiger partial charge in [-0.15, -0.1) is 0 Å². The van der Waals surface area contributed by atoms with Gasteiger partial charge in [-0.1, -0.05) is 0 Å². The molecule has 118 valence electrons. The van der Waals surface area contributed by atoms with Gasteiger partial charge in [0.25, 0.3) is 10.2 Å². The smallest absolute Gasteiger partial charge is 0.281 e. The molecule has 6 nitrogen and oxygen atoms in total. The summed E-state index contributed by atoms with van der Waals surface area (Å²) in [5, 5.41) is 0. The Labute approximate surface area is 126 Å². The Balaban J connectivity index is 1.82. The Bertz CT molecular complexity index is 608. The molecular formula is C14H24N4O2S. The number of rotatable bonds is 3. The molecule has 3 heterocycles. The first-order valence-electron chi connectivity index (χ1n) is 7.72. The van der Waals surface area contributed by atoms with Crippen molar-refractivity contribution in [1.82, 2.24) is 18.2 Å². The third kappa shape index (κ3) is 2.74. The quantitative estimate of drug-likeness (QED) is 0.843. The summed E-state index contributed by atoms with van der Waals surface area (Å²) >= 11 is 0. The van der Waals surface area contributed by atoms with Crippen molar-refractivity contribution >= 4 is 10.2 Å². The van der Waals surface area contributed by atoms with Crippen molar-refractivity contribution in [2.75, 3.05) is 27.2 Å². The molecule has 0 amide bonds. The lowest BCUT2D eigenvalue weighted by atomic mass is 9.98. The van der Waals surface area contributed by atoms with Crippen molar-refractivity contribution in [3.63, 3.8) is 0 Å². The maximum atomic E-state index is 12.3. The summed E-state index contributed by atoms with van der Waals surface area (Å²) in [5.74, 6) is 1.31. The predicted octanol–water partition coefficient (Wildman–Crippen LogP) is 1.21. The highest BCUT2D eigenvalue weighted by atomic mass is 32.2. The SMILES string of the molecule is CN(C)S(=O)(=O)N1CCCC(c2ncc3n2CCCC3)C1. The van der Waals surface area contributed by atoms with Crippen molar-refractivity contribution in [2.45, 2.75) is 44.6 Å². The van der Waals surface area contributed by atoms with Gasteiger partial charge < -0.3 is 4.57 Å². The summed E-state index contributed by atoms with van der Waals surface area (Å²) in [6.45, 7) is 2.20. The molecule has 0 saturated carbocycles. The van der Waals surface area contributed by atoms with Crippen LogP contribution in [0.3, 0.4) is 0 Å². The van der Waals surface area contributed by atoms with Gasteiger partial charge in [-0.25, -0.2) is 4.98 Å². The van der Waals surface area contributed by atoms with Crippen LogP contribution in [0.2, 0.25) is 0 Å². The summed E-state index contributed by atoms with van der Waals surface area (Å²) in [4.78, 5) is 4.61. The van der Waals surface area contributed by atoms with Crippen molar-refractivity contribution in [3.8, 4) is 0 Å². The van der Waals surface area contributed by atoms with Gasteiger partial charge in [0, 0.05) is 51.5 Å². The fraction of sp³-hybridized carbons (Fsp3) is 0.786. The molecule has 0 aliphatic carbocycles. The Morgan fingerprint density at radius 3 is 2.81 bits per heavy atom. The normalized spacial score (nSPS) is 24.2. The van der Waals surface area contributed by atoms with E-state index in [9.17, 15) is 8.42 Å². The number of nitrogens with zero attached hydrogens (tertiary/aromatic N) is 4. The molecule has 7 heteroatoms. The van der Waals surface area contributed by atoms with Crippen LogP contribution in [0.15, 0.2) is 6.20 Å². The molecule has 1 aromatic heterocycles. The second-order valence-corrected chi connectivity index (χ2v) is 8.35. The van der Waals surface area contributed by atoms with Crippen LogP contribution in [0.4, 0.5) is 0 Å². The molecule has 3 rings (SSSR count). The molecule has 1 fully saturated rings. The highest BCUT2D eigenvalue weighted by Crippen LogP contribution is 2.30. The molecule has 2 aliphatic heterocycles. The van der Waals surface area contributed by atoms with Crippen LogP contribution in [0.1, 0.15) is 43.1 Å². The number of aryl methyl sites for hydroxylation is 1. The number of hydrogen-bond acceptors (Lipinski definition) is 3. The number of imidazole rings is 1. The minimum Gasteiger partial charge on any atom is -0.332 e. The zero-order chi connectivity index (χ0) is 15.0. The molecule has 0 spiro atoms. The minimum atomic E-state index is -3.32. The van der Waals surface area contributed by atoms with E-state index in [0.29, 0.717) is 13.1 Å². The summed E-state index contributed by atoms with van der Waals surface area (Å²) in [7, 11) is -0.128. The molecule has 0 aromatic carbocycles. The van der Waals surface area contributed by atoms with Crippen LogP contribution in [-0.2, 0) is 23.2 Å². The van der Waals surface area contributed by atoms with Crippen molar-refractivity contribution in [1.29, 1.82) is 0 Å². The van der Waals surface area contributed by atoms with E-state index in [1.807, 2.05) is 6.20 Å². The third-order valence-corrected chi connectivity index (χ3v) is 6.48. The zero-order valence-corrected chi connectivity index (χ0v) is 13.6. The topological polar surface area (TPSA) is 58.4 Å². The van der Waals surface area contributed by atoms with Gasteiger partial charge in [0.1, 0.15) is 5.82 Å². The first-order chi connectivity index (χ1) is 10.00. The van der Waals surface area contributed by atoms with E-state index in [1.54, 1.807) is 18.4 Å². The summed E-state index contributed by atoms with van der Waals surface area (Å²) in [6, 6.07) is 0. The van der Waals surface area contributed by atoms with E-state index in [2.05, 4.69) is 9.55 Å². The van der Waals surface area contributed by atoms with E-state index in [-0.39, 0.29) is 5.92 Å². The van der Waals surface area contributed by atoms with Crippen LogP contribution in [-0.4, -0.2) is 53.8 Å². The number of hydrogen-bond donors (Lipinski definition) is 0. The van der Waals surface area contributed by atoms with Crippen molar-refractivity contribution in [2.24, 2.45) is 0 Å². The average Bonchev–Trinajstić information content (AvgIpc) is 2.91. The second kappa shape index (κ2) is 5.70. The van der Waals surface area contributed by atoms with Crippen LogP contribution in [0, 0.1) is 0 Å². The molecule has 1 unspecified atom stereocenters. The molecule has 0 radical (unpaired) electrons. The van der Waals surface area contributed by atoms with E-state index in [1.165, 1.54) is 22.8 Å². The highest BCUT2D eigenvalue weighted by Gasteiger charge is 2.33. The van der Waals surface area contributed by atoms with Crippen LogP contribution < -0.4 is 0 Å². The Hall–Kier alpha value is -0.920. The van der Waals surface area contributed by atoms with Gasteiger partial charge in [0.15, 0.2) is 0 Å². The van der Waals surface area contributed by atoms with Crippen molar-refractivity contribution in [3.05, 3.63) is 17.7 Å². The second-order valence-electron chi connectivity index (χ2n) is 6.20. The third-order valence-electron chi connectivity index (χ3n) is 4.57. The van der Waals surface area contributed by atoms with Crippen molar-refractivity contribution < 1.29 is 8.42 Å². The molecule has 0 bridgehead atoms. The van der Waals surface area contributed by atoms with Gasteiger partial charge >= 0.3 is 0 Å². The maximum Gasteiger partial charge on any atom is 0.281 e. The summed E-state index contributed by atoms with van der Waals surface area (Å²) in [5.41, 5.74) is 1.31. The fourth-order valence-electron chi connectivity index (χ4n) is 3.38. The molecule has 0 N–H and O–H groups in total. The Morgan fingerprint density at radius 1 is 1.24 bits per heavy atom. The summed E-state index contributed by atoms with van der Waals surface area (Å²) in [6.07, 6.45) is 7.43. The van der Waals surface area contributed by atoms with Gasteiger partial charge in [-0.05, 0) is 32.1 Å². The maximum absolute atomic E-state index is 12.3. The molecule has 2 aliphatic rings. The number of piperidine rings is 1. The predicted molar refractivity (Wildman–Crippen MR) is 81.3 cm³/mol. The lowest BCUT2D eigenvalue weighted by Gasteiger charge is -2.33. The van der Waals surface area contributed by atoms with Crippen LogP contribution in [0.25, 0.3) is 0 Å². The Morgan fingerprint density at radius 2 is 2.05 bits per heavy atom. The molecule has 21 heavy (non-hydrogen) atoms. The van der Waals surface area contributed by atoms with E-state index in [0.717, 1.165) is 31.6 Å². The van der Waals surface area contributed by atoms with E-state index < -0.39 is 10.2 Å². The van der Waals surface area contributed by atoms with E-state index >= 15 is 0 Å². The first-order valence-corrected chi connectivity index (χ1v) is 9.11. The Kier molecular flexibility index (Phi) is 4.07. The molecular weight excluding hydrogens is 288 g/mol. The van der Waals surface area contributed by atoms with Crippen LogP contribution >= 0.6 is 0 Å². The lowest BCUT2D eigenvalue weighted by molar-refractivity contribution is 0.288. The first kappa shape index (κ1) is 15.0. The van der Waals surface area contributed by atoms with Crippen LogP contribution in [0.5, 0.6) is 0 Å². The molecule has 1 atom stereocenters. The molecule has 1 aromatic rings. The standard InChI is InChI=1S/C14H24N4O2S/c1-16(2)21(19,20)17-8-5-6-12(11-17)14-15-10-13-7-3-4-9-18(13)14/h10,12H,3-9,11H2,1-2H3. The van der Waals surface area contributed by atoms with Gasteiger partial charge in [-0.3, -0.25) is 0 Å². The minimum absolute atomic E-state index is 0.223. The molecule has 1 saturated heterocycles. The number of aromatic nitrogens is 2. The largest absolute Gasteiger partial charge is 0.332 e. The fourth-order valence-corrected chi connectivity index (χ4v) is 4.57. The average molecular weight is 312 g/mol. The monoisotopic (exact) mass is 312 g/mol. The van der Waals surface area contributed by atoms with E-state index in [4.69, 9.17) is 0 Å². The zero-order valence-electron chi connectivity index (χ0n) is 12.8. The number of fused-ring (bicyclic) bond motifs is 1.